The number of amides is 1. The highest BCUT2D eigenvalue weighted by Crippen LogP contribution is 2.04. The first kappa shape index (κ1) is 28.1. The third-order valence-electron chi connectivity index (χ3n) is 4.14. The molecular formula is C16H25Cl4N5O2. The summed E-state index contributed by atoms with van der Waals surface area (Å²) in [6.07, 6.45) is 1.47. The summed E-state index contributed by atoms with van der Waals surface area (Å²) in [4.78, 5) is 33.0. The lowest BCUT2D eigenvalue weighted by Gasteiger charge is -2.31. The SMILES string of the molecule is CN1CCN(CC(=O)NCn2cnc3ccccc3c2=O)CC1.Cl.Cl.Cl.Cl. The number of hydrogen-bond donors (Lipinski definition) is 1. The number of nitrogens with one attached hydrogen (secondary N) is 1. The Kier molecular flexibility index (Phi) is 13.7. The molecule has 3 rings (SSSR count). The van der Waals surface area contributed by atoms with Crippen molar-refractivity contribution in [3.05, 3.63) is 40.9 Å². The van der Waals surface area contributed by atoms with Crippen LogP contribution in [0, 0.1) is 0 Å². The second-order valence-corrected chi connectivity index (χ2v) is 5.87. The third-order valence-corrected chi connectivity index (χ3v) is 4.14. The largest absolute Gasteiger partial charge is 0.337 e. The van der Waals surface area contributed by atoms with Crippen molar-refractivity contribution < 1.29 is 4.79 Å². The maximum Gasteiger partial charge on any atom is 0.262 e. The predicted octanol–water partition coefficient (Wildman–Crippen LogP) is 1.40. The molecule has 2 aromatic rings. The van der Waals surface area contributed by atoms with Gasteiger partial charge in [0.2, 0.25) is 5.91 Å². The summed E-state index contributed by atoms with van der Waals surface area (Å²) in [6.45, 7) is 4.23. The average Bonchev–Trinajstić information content (AvgIpc) is 2.57. The van der Waals surface area contributed by atoms with Crippen molar-refractivity contribution in [3.8, 4) is 0 Å². The Bertz CT molecular complexity index is 766. The number of piperazine rings is 1. The van der Waals surface area contributed by atoms with E-state index in [1.54, 1.807) is 12.1 Å². The minimum Gasteiger partial charge on any atom is -0.337 e. The molecule has 1 saturated heterocycles. The summed E-state index contributed by atoms with van der Waals surface area (Å²) >= 11 is 0. The lowest BCUT2D eigenvalue weighted by atomic mass is 10.2. The molecule has 1 aliphatic heterocycles. The highest BCUT2D eigenvalue weighted by atomic mass is 35.5. The highest BCUT2D eigenvalue weighted by Gasteiger charge is 2.16. The van der Waals surface area contributed by atoms with E-state index in [2.05, 4.69) is 27.1 Å². The first-order chi connectivity index (χ1) is 11.1. The molecule has 0 aliphatic carbocycles. The lowest BCUT2D eigenvalue weighted by molar-refractivity contribution is -0.123. The van der Waals surface area contributed by atoms with Gasteiger partial charge in [-0.1, -0.05) is 12.1 Å². The van der Waals surface area contributed by atoms with Gasteiger partial charge in [0.15, 0.2) is 0 Å². The van der Waals surface area contributed by atoms with Gasteiger partial charge in [0, 0.05) is 26.2 Å². The normalized spacial score (nSPS) is 14.1. The van der Waals surface area contributed by atoms with Crippen LogP contribution in [0.1, 0.15) is 0 Å². The Morgan fingerprint density at radius 1 is 1.07 bits per heavy atom. The molecule has 0 atom stereocenters. The van der Waals surface area contributed by atoms with Crippen LogP contribution in [-0.4, -0.2) is 65.0 Å². The van der Waals surface area contributed by atoms with Crippen molar-refractivity contribution in [2.75, 3.05) is 39.8 Å². The first-order valence-corrected chi connectivity index (χ1v) is 7.75. The van der Waals surface area contributed by atoms with Crippen LogP contribution in [0.3, 0.4) is 0 Å². The van der Waals surface area contributed by atoms with Gasteiger partial charge >= 0.3 is 0 Å². The number of hydrogen-bond acceptors (Lipinski definition) is 5. The van der Waals surface area contributed by atoms with Crippen LogP contribution in [-0.2, 0) is 11.5 Å². The van der Waals surface area contributed by atoms with Crippen molar-refractivity contribution in [2.45, 2.75) is 6.67 Å². The molecule has 0 unspecified atom stereocenters. The van der Waals surface area contributed by atoms with Gasteiger partial charge in [-0.3, -0.25) is 19.1 Å². The van der Waals surface area contributed by atoms with Crippen molar-refractivity contribution in [2.24, 2.45) is 0 Å². The predicted molar refractivity (Wildman–Crippen MR) is 117 cm³/mol. The van der Waals surface area contributed by atoms with Gasteiger partial charge in [0.25, 0.3) is 5.56 Å². The lowest BCUT2D eigenvalue weighted by Crippen LogP contribution is -2.48. The quantitative estimate of drug-likeness (QED) is 0.746. The molecule has 1 N–H and O–H groups in total. The van der Waals surface area contributed by atoms with Crippen molar-refractivity contribution in [1.82, 2.24) is 24.7 Å². The number of carbonyl (C=O) groups is 1. The molecule has 0 bridgehead atoms. The molecule has 1 aromatic heterocycles. The number of aromatic nitrogens is 2. The number of carbonyl (C=O) groups excluding carboxylic acids is 1. The van der Waals surface area contributed by atoms with Crippen molar-refractivity contribution in [3.63, 3.8) is 0 Å². The van der Waals surface area contributed by atoms with Crippen molar-refractivity contribution in [1.29, 1.82) is 0 Å². The van der Waals surface area contributed by atoms with Crippen LogP contribution in [0.25, 0.3) is 10.9 Å². The van der Waals surface area contributed by atoms with E-state index in [4.69, 9.17) is 0 Å². The zero-order valence-corrected chi connectivity index (χ0v) is 18.1. The minimum atomic E-state index is -0.143. The second-order valence-electron chi connectivity index (χ2n) is 5.87. The van der Waals surface area contributed by atoms with Gasteiger partial charge in [0.1, 0.15) is 0 Å². The Labute approximate surface area is 183 Å². The van der Waals surface area contributed by atoms with Gasteiger partial charge in [-0.15, -0.1) is 49.6 Å². The number of nitrogens with zero attached hydrogens (tertiary/aromatic N) is 4. The molecule has 154 valence electrons. The Morgan fingerprint density at radius 3 is 2.37 bits per heavy atom. The van der Waals surface area contributed by atoms with E-state index >= 15 is 0 Å². The van der Waals surface area contributed by atoms with Crippen molar-refractivity contribution >= 4 is 66.4 Å². The van der Waals surface area contributed by atoms with E-state index in [0.717, 1.165) is 26.2 Å². The summed E-state index contributed by atoms with van der Waals surface area (Å²) < 4.78 is 1.42. The molecule has 1 amide bonds. The molecule has 0 radical (unpaired) electrons. The molecule has 11 heteroatoms. The van der Waals surface area contributed by atoms with E-state index in [1.165, 1.54) is 10.9 Å². The zero-order chi connectivity index (χ0) is 16.2. The maximum atomic E-state index is 12.3. The van der Waals surface area contributed by atoms with Gasteiger partial charge in [-0.2, -0.15) is 0 Å². The topological polar surface area (TPSA) is 70.5 Å². The van der Waals surface area contributed by atoms with E-state index < -0.39 is 0 Å². The van der Waals surface area contributed by atoms with Crippen LogP contribution in [0.4, 0.5) is 0 Å². The number of likely N-dealkylation sites (N-methyl/N-ethyl adjacent to an activating group) is 1. The summed E-state index contributed by atoms with van der Waals surface area (Å²) in [7, 11) is 2.08. The van der Waals surface area contributed by atoms with Crippen LogP contribution < -0.4 is 10.9 Å². The summed E-state index contributed by atoms with van der Waals surface area (Å²) in [6, 6.07) is 7.19. The van der Waals surface area contributed by atoms with E-state index in [0.29, 0.717) is 17.4 Å². The van der Waals surface area contributed by atoms with Gasteiger partial charge in [0.05, 0.1) is 30.4 Å². The van der Waals surface area contributed by atoms with Gasteiger partial charge in [-0.25, -0.2) is 4.98 Å². The number of rotatable bonds is 4. The molecule has 0 saturated carbocycles. The number of benzene rings is 1. The fourth-order valence-corrected chi connectivity index (χ4v) is 2.66. The second kappa shape index (κ2) is 13.1. The molecule has 7 nitrogen and oxygen atoms in total. The van der Waals surface area contributed by atoms with Gasteiger partial charge in [-0.05, 0) is 19.2 Å². The standard InChI is InChI=1S/C16H21N5O2.4ClH/c1-19-6-8-20(9-7-19)10-15(22)18-12-21-11-17-14-5-3-2-4-13(14)16(21)23;;;;/h2-5,11H,6-10,12H2,1H3,(H,18,22);4*1H. The third kappa shape index (κ3) is 7.44. The fourth-order valence-electron chi connectivity index (χ4n) is 2.66. The zero-order valence-electron chi connectivity index (χ0n) is 14.9. The summed E-state index contributed by atoms with van der Waals surface area (Å²) in [5.74, 6) is -0.0744. The molecule has 27 heavy (non-hydrogen) atoms. The minimum absolute atomic E-state index is 0. The Hall–Kier alpha value is -1.09. The molecular weight excluding hydrogens is 436 g/mol. The smallest absolute Gasteiger partial charge is 0.262 e. The Balaban J connectivity index is 0. The number of para-hydroxylation sites is 1. The molecule has 2 heterocycles. The summed E-state index contributed by atoms with van der Waals surface area (Å²) in [5, 5.41) is 3.35. The van der Waals surface area contributed by atoms with Crippen LogP contribution in [0.5, 0.6) is 0 Å². The van der Waals surface area contributed by atoms with Crippen LogP contribution in [0.2, 0.25) is 0 Å². The fraction of sp³-hybridized carbons (Fsp3) is 0.438. The van der Waals surface area contributed by atoms with Crippen LogP contribution >= 0.6 is 49.6 Å². The van der Waals surface area contributed by atoms with E-state index in [1.807, 2.05) is 12.1 Å². The molecule has 1 aromatic carbocycles. The molecule has 0 spiro atoms. The highest BCUT2D eigenvalue weighted by molar-refractivity contribution is 5.86. The average molecular weight is 461 g/mol. The maximum absolute atomic E-state index is 12.3. The number of fused-ring (bicyclic) bond motifs is 1. The van der Waals surface area contributed by atoms with E-state index in [9.17, 15) is 9.59 Å². The van der Waals surface area contributed by atoms with Crippen LogP contribution in [0.15, 0.2) is 35.4 Å². The molecule has 1 fully saturated rings. The van der Waals surface area contributed by atoms with E-state index in [-0.39, 0.29) is 67.8 Å². The first-order valence-electron chi connectivity index (χ1n) is 7.75. The monoisotopic (exact) mass is 459 g/mol. The summed E-state index contributed by atoms with van der Waals surface area (Å²) in [5.41, 5.74) is 0.521. The number of halogens is 4. The molecule has 1 aliphatic rings. The van der Waals surface area contributed by atoms with Gasteiger partial charge < -0.3 is 10.2 Å². The Morgan fingerprint density at radius 2 is 1.70 bits per heavy atom.